The minimum atomic E-state index is 0.000000000000000222. The maximum atomic E-state index is 4.62. The molecule has 5 N–H and O–H groups in total. The Bertz CT molecular complexity index is 154. The number of nitrogens with two attached hydrogens (primary N) is 2. The molecule has 6 heteroatoms. The van der Waals surface area contributed by atoms with Gasteiger partial charge in [-0.15, -0.1) is 25.8 Å². The molecule has 1 heterocycles. The molecule has 70 valence electrons. The minimum absolute atomic E-state index is 0.000000000000000222. The molecule has 1 rings (SSSR count). The Kier molecular flexibility index (Phi) is 11.8. The Morgan fingerprint density at radius 1 is 1.58 bits per heavy atom. The standard InChI is InChI=1S/C3H6N2S.C2H4.CH4N2S/c6-3-4-1-2-5-3;1-2;2-1(3)4/h1-2H2,(H2,4,5,6);1-2H2;(H4,2,3,4). The van der Waals surface area contributed by atoms with Gasteiger partial charge in [-0.3, -0.25) is 4.99 Å². The second-order valence-electron chi connectivity index (χ2n) is 1.53. The first-order valence-corrected chi connectivity index (χ1v) is 4.00. The van der Waals surface area contributed by atoms with Crippen LogP contribution in [0.5, 0.6) is 0 Å². The molecule has 0 amide bonds. The summed E-state index contributed by atoms with van der Waals surface area (Å²) in [7, 11) is 0. The molecule has 0 saturated carbocycles. The third kappa shape index (κ3) is 16.1. The van der Waals surface area contributed by atoms with Crippen LogP contribution in [0.3, 0.4) is 0 Å². The number of aliphatic imine (C=N–C) groups is 1. The zero-order valence-electron chi connectivity index (χ0n) is 6.79. The number of nitrogens with one attached hydrogen (secondary N) is 1. The van der Waals surface area contributed by atoms with Crippen molar-refractivity contribution >= 4 is 35.1 Å². The fourth-order valence-electron chi connectivity index (χ4n) is 0.385. The zero-order valence-corrected chi connectivity index (χ0v) is 8.50. The van der Waals surface area contributed by atoms with Gasteiger partial charge in [-0.2, -0.15) is 0 Å². The first-order chi connectivity index (χ1) is 5.63. The maximum absolute atomic E-state index is 4.62. The van der Waals surface area contributed by atoms with E-state index in [1.165, 1.54) is 0 Å². The fourth-order valence-corrected chi connectivity index (χ4v) is 0.597. The highest BCUT2D eigenvalue weighted by atomic mass is 32.1. The topological polar surface area (TPSA) is 76.4 Å². The molecule has 0 aromatic carbocycles. The Hall–Kier alpha value is -0.750. The van der Waals surface area contributed by atoms with Gasteiger partial charge in [0.05, 0.1) is 6.54 Å². The maximum Gasteiger partial charge on any atom is 0.160 e. The summed E-state index contributed by atoms with van der Waals surface area (Å²) in [6.07, 6.45) is 0. The molecule has 1 aliphatic rings. The van der Waals surface area contributed by atoms with Crippen LogP contribution < -0.4 is 16.8 Å². The van der Waals surface area contributed by atoms with E-state index in [-0.39, 0.29) is 5.11 Å². The number of hydrogen-bond acceptors (Lipinski definition) is 3. The van der Waals surface area contributed by atoms with Crippen molar-refractivity contribution in [3.05, 3.63) is 13.2 Å². The molecular formula is C6H14N4S2. The van der Waals surface area contributed by atoms with Gasteiger partial charge in [-0.05, 0) is 12.2 Å². The van der Waals surface area contributed by atoms with Crippen molar-refractivity contribution in [3.63, 3.8) is 0 Å². The Labute approximate surface area is 83.5 Å². The van der Waals surface area contributed by atoms with E-state index in [1.807, 2.05) is 0 Å². The Morgan fingerprint density at radius 2 is 2.00 bits per heavy atom. The lowest BCUT2D eigenvalue weighted by Crippen LogP contribution is -2.18. The molecule has 12 heavy (non-hydrogen) atoms. The van der Waals surface area contributed by atoms with Gasteiger partial charge < -0.3 is 16.8 Å². The van der Waals surface area contributed by atoms with Crippen molar-refractivity contribution in [2.45, 2.75) is 0 Å². The molecule has 0 aromatic rings. The smallest absolute Gasteiger partial charge is 0.160 e. The van der Waals surface area contributed by atoms with Crippen LogP contribution in [0.15, 0.2) is 18.2 Å². The van der Waals surface area contributed by atoms with E-state index in [4.69, 9.17) is 0 Å². The molecular weight excluding hydrogens is 192 g/mol. The van der Waals surface area contributed by atoms with E-state index in [0.717, 1.165) is 18.3 Å². The second kappa shape index (κ2) is 10.2. The van der Waals surface area contributed by atoms with Crippen molar-refractivity contribution in [2.75, 3.05) is 13.1 Å². The monoisotopic (exact) mass is 206 g/mol. The highest BCUT2D eigenvalue weighted by Crippen LogP contribution is 1.85. The van der Waals surface area contributed by atoms with Crippen molar-refractivity contribution in [2.24, 2.45) is 16.5 Å². The largest absolute Gasteiger partial charge is 0.377 e. The number of rotatable bonds is 0. The Balaban J connectivity index is 0. The van der Waals surface area contributed by atoms with Gasteiger partial charge in [0.15, 0.2) is 10.3 Å². The van der Waals surface area contributed by atoms with E-state index < -0.39 is 0 Å². The van der Waals surface area contributed by atoms with Crippen molar-refractivity contribution < 1.29 is 0 Å². The first-order valence-electron chi connectivity index (χ1n) is 3.15. The van der Waals surface area contributed by atoms with Crippen LogP contribution >= 0.6 is 24.8 Å². The van der Waals surface area contributed by atoms with Gasteiger partial charge in [-0.25, -0.2) is 0 Å². The summed E-state index contributed by atoms with van der Waals surface area (Å²) in [5.74, 6) is 0. The van der Waals surface area contributed by atoms with Gasteiger partial charge in [0.1, 0.15) is 0 Å². The highest BCUT2D eigenvalue weighted by molar-refractivity contribution is 7.96. The summed E-state index contributed by atoms with van der Waals surface area (Å²) in [6, 6.07) is 0. The van der Waals surface area contributed by atoms with Crippen molar-refractivity contribution in [1.29, 1.82) is 0 Å². The lowest BCUT2D eigenvalue weighted by atomic mass is 10.7. The molecule has 0 aliphatic carbocycles. The third-order valence-electron chi connectivity index (χ3n) is 0.656. The van der Waals surface area contributed by atoms with Crippen LogP contribution in [0.2, 0.25) is 0 Å². The normalized spacial score (nSPS) is 12.2. The molecule has 1 aliphatic heterocycles. The van der Waals surface area contributed by atoms with Gasteiger partial charge in [0.2, 0.25) is 0 Å². The molecule has 0 spiro atoms. The third-order valence-corrected chi connectivity index (χ3v) is 0.956. The summed E-state index contributed by atoms with van der Waals surface area (Å²) < 4.78 is 0. The zero-order chi connectivity index (χ0) is 9.98. The summed E-state index contributed by atoms with van der Waals surface area (Å²) in [4.78, 5) is 3.91. The number of amidine groups is 1. The van der Waals surface area contributed by atoms with Crippen LogP contribution in [0.1, 0.15) is 0 Å². The van der Waals surface area contributed by atoms with E-state index >= 15 is 0 Å². The number of hydrogen-bond donors (Lipinski definition) is 4. The van der Waals surface area contributed by atoms with Gasteiger partial charge in [0, 0.05) is 6.54 Å². The summed E-state index contributed by atoms with van der Waals surface area (Å²) in [5.41, 5.74) is 9.24. The number of nitrogens with zero attached hydrogens (tertiary/aromatic N) is 1. The summed E-state index contributed by atoms with van der Waals surface area (Å²) >= 11 is 8.02. The van der Waals surface area contributed by atoms with E-state index in [9.17, 15) is 0 Å². The van der Waals surface area contributed by atoms with E-state index in [2.05, 4.69) is 59.8 Å². The van der Waals surface area contributed by atoms with Crippen LogP contribution in [0.4, 0.5) is 0 Å². The molecule has 0 bridgehead atoms. The van der Waals surface area contributed by atoms with Gasteiger partial charge in [-0.1, -0.05) is 0 Å². The van der Waals surface area contributed by atoms with Crippen LogP contribution in [-0.4, -0.2) is 23.4 Å². The fraction of sp³-hybridized carbons (Fsp3) is 0.333. The predicted octanol–water partition coefficient (Wildman–Crippen LogP) is -0.134. The molecule has 4 nitrogen and oxygen atoms in total. The highest BCUT2D eigenvalue weighted by Gasteiger charge is 1.94. The molecule has 0 atom stereocenters. The van der Waals surface area contributed by atoms with Crippen LogP contribution in [-0.2, 0) is 0 Å². The second-order valence-corrected chi connectivity index (χ2v) is 2.43. The van der Waals surface area contributed by atoms with Crippen LogP contribution in [0.25, 0.3) is 0 Å². The minimum Gasteiger partial charge on any atom is -0.377 e. The van der Waals surface area contributed by atoms with Gasteiger partial charge in [0.25, 0.3) is 0 Å². The molecule has 0 fully saturated rings. The SMILES string of the molecule is C=C.NC(N)=S.SC1=NCCN1. The van der Waals surface area contributed by atoms with Crippen molar-refractivity contribution in [1.82, 2.24) is 5.32 Å². The molecule has 0 saturated heterocycles. The number of thiocarbonyl (C=S) groups is 1. The van der Waals surface area contributed by atoms with Crippen molar-refractivity contribution in [3.8, 4) is 0 Å². The molecule has 0 unspecified atom stereocenters. The summed E-state index contributed by atoms with van der Waals surface area (Å²) in [6.45, 7) is 7.84. The van der Waals surface area contributed by atoms with E-state index in [1.54, 1.807) is 0 Å². The summed E-state index contributed by atoms with van der Waals surface area (Å²) in [5, 5.41) is 3.71. The Morgan fingerprint density at radius 3 is 2.08 bits per heavy atom. The molecule has 0 aromatic heterocycles. The van der Waals surface area contributed by atoms with Crippen LogP contribution in [0, 0.1) is 0 Å². The molecule has 0 radical (unpaired) electrons. The number of thiol groups is 1. The van der Waals surface area contributed by atoms with Gasteiger partial charge >= 0.3 is 0 Å². The average Bonchev–Trinajstić information content (AvgIpc) is 2.43. The lowest BCUT2D eigenvalue weighted by molar-refractivity contribution is 0.964. The lowest BCUT2D eigenvalue weighted by Gasteiger charge is -1.84. The van der Waals surface area contributed by atoms with E-state index in [0.29, 0.717) is 0 Å². The predicted molar refractivity (Wildman–Crippen MR) is 61.5 cm³/mol. The average molecular weight is 206 g/mol. The first kappa shape index (κ1) is 13.8. The quantitative estimate of drug-likeness (QED) is 0.253.